The zero-order valence-electron chi connectivity index (χ0n) is 14.8. The third-order valence-electron chi connectivity index (χ3n) is 3.45. The van der Waals surface area contributed by atoms with Gasteiger partial charge < -0.3 is 9.64 Å². The zero-order valence-corrected chi connectivity index (χ0v) is 14.8. The minimum atomic E-state index is -0.0432. The molecule has 122 valence electrons. The van der Waals surface area contributed by atoms with Crippen LogP contribution in [0.4, 0.5) is 5.69 Å². The molecular weight excluding hydrogens is 274 g/mol. The molecule has 3 heteroatoms. The van der Waals surface area contributed by atoms with E-state index in [9.17, 15) is 4.79 Å². The van der Waals surface area contributed by atoms with E-state index in [1.165, 1.54) is 0 Å². The molecule has 1 aromatic carbocycles. The minimum absolute atomic E-state index is 0.0432. The highest BCUT2D eigenvalue weighted by atomic mass is 16.5. The van der Waals surface area contributed by atoms with Gasteiger partial charge in [0.05, 0.1) is 7.11 Å². The van der Waals surface area contributed by atoms with Gasteiger partial charge in [0.15, 0.2) is 0 Å². The summed E-state index contributed by atoms with van der Waals surface area (Å²) in [6.07, 6.45) is 2.25. The molecule has 0 atom stereocenters. The van der Waals surface area contributed by atoms with Gasteiger partial charge in [-0.15, -0.1) is 6.58 Å². The number of nitrogens with zero attached hydrogens (tertiary/aromatic N) is 1. The number of amides is 1. The SMILES string of the molecule is C=CCN(C(=O)CC(C)(C)C)c1ccc(C(C)C)c(OC)c1. The van der Waals surface area contributed by atoms with Gasteiger partial charge in [-0.05, 0) is 23.0 Å². The molecule has 1 rings (SSSR count). The molecule has 0 unspecified atom stereocenters. The van der Waals surface area contributed by atoms with Crippen molar-refractivity contribution in [2.75, 3.05) is 18.6 Å². The summed E-state index contributed by atoms with van der Waals surface area (Å²) in [5.41, 5.74) is 1.96. The van der Waals surface area contributed by atoms with Crippen molar-refractivity contribution in [2.24, 2.45) is 5.41 Å². The van der Waals surface area contributed by atoms with Crippen LogP contribution in [0.3, 0.4) is 0 Å². The second kappa shape index (κ2) is 7.48. The largest absolute Gasteiger partial charge is 0.496 e. The Morgan fingerprint density at radius 2 is 2.00 bits per heavy atom. The second-order valence-corrected chi connectivity index (χ2v) is 7.11. The Labute approximate surface area is 135 Å². The molecule has 0 radical (unpaired) electrons. The van der Waals surface area contributed by atoms with Gasteiger partial charge in [0, 0.05) is 24.7 Å². The fraction of sp³-hybridized carbons (Fsp3) is 0.526. The van der Waals surface area contributed by atoms with Crippen molar-refractivity contribution in [1.29, 1.82) is 0 Å². The standard InChI is InChI=1S/C19H29NO2/c1-8-11-20(18(21)13-19(4,5)6)15-9-10-16(14(2)3)17(12-15)22-7/h8-10,12,14H,1,11,13H2,2-7H3. The first-order valence-electron chi connectivity index (χ1n) is 7.78. The van der Waals surface area contributed by atoms with Gasteiger partial charge in [0.1, 0.15) is 5.75 Å². The fourth-order valence-electron chi connectivity index (χ4n) is 2.37. The quantitative estimate of drug-likeness (QED) is 0.708. The number of ether oxygens (including phenoxy) is 1. The van der Waals surface area contributed by atoms with E-state index in [1.807, 2.05) is 18.2 Å². The van der Waals surface area contributed by atoms with Crippen LogP contribution in [0.1, 0.15) is 52.5 Å². The van der Waals surface area contributed by atoms with Crippen LogP contribution in [0.15, 0.2) is 30.9 Å². The van der Waals surface area contributed by atoms with E-state index in [1.54, 1.807) is 18.1 Å². The highest BCUT2D eigenvalue weighted by molar-refractivity contribution is 5.94. The molecule has 0 saturated heterocycles. The Hall–Kier alpha value is -1.77. The Morgan fingerprint density at radius 1 is 1.36 bits per heavy atom. The Bertz CT molecular complexity index is 527. The average Bonchev–Trinajstić information content (AvgIpc) is 2.41. The predicted molar refractivity (Wildman–Crippen MR) is 93.7 cm³/mol. The lowest BCUT2D eigenvalue weighted by Gasteiger charge is -2.27. The lowest BCUT2D eigenvalue weighted by molar-refractivity contribution is -0.120. The van der Waals surface area contributed by atoms with E-state index in [0.717, 1.165) is 17.0 Å². The zero-order chi connectivity index (χ0) is 16.9. The van der Waals surface area contributed by atoms with Gasteiger partial charge in [-0.3, -0.25) is 4.79 Å². The fourth-order valence-corrected chi connectivity index (χ4v) is 2.37. The molecule has 1 amide bonds. The molecular formula is C19H29NO2. The van der Waals surface area contributed by atoms with E-state index >= 15 is 0 Å². The van der Waals surface area contributed by atoms with E-state index < -0.39 is 0 Å². The number of anilines is 1. The van der Waals surface area contributed by atoms with Crippen molar-refractivity contribution in [3.8, 4) is 5.75 Å². The molecule has 1 aromatic rings. The normalized spacial score (nSPS) is 11.4. The summed E-state index contributed by atoms with van der Waals surface area (Å²) in [6.45, 7) is 14.7. The van der Waals surface area contributed by atoms with Crippen LogP contribution in [-0.2, 0) is 4.79 Å². The summed E-state index contributed by atoms with van der Waals surface area (Å²) in [4.78, 5) is 14.4. The second-order valence-electron chi connectivity index (χ2n) is 7.11. The van der Waals surface area contributed by atoms with Crippen LogP contribution in [-0.4, -0.2) is 19.6 Å². The van der Waals surface area contributed by atoms with Crippen LogP contribution in [0, 0.1) is 5.41 Å². The number of carbonyl (C=O) groups is 1. The van der Waals surface area contributed by atoms with Crippen LogP contribution < -0.4 is 9.64 Å². The molecule has 0 heterocycles. The van der Waals surface area contributed by atoms with Gasteiger partial charge in [0.25, 0.3) is 0 Å². The summed E-state index contributed by atoms with van der Waals surface area (Å²) in [6, 6.07) is 5.97. The van der Waals surface area contributed by atoms with Crippen molar-refractivity contribution < 1.29 is 9.53 Å². The van der Waals surface area contributed by atoms with Gasteiger partial charge in [-0.2, -0.15) is 0 Å². The number of hydrogen-bond donors (Lipinski definition) is 0. The molecule has 0 bridgehead atoms. The van der Waals surface area contributed by atoms with E-state index in [2.05, 4.69) is 41.2 Å². The van der Waals surface area contributed by atoms with Crippen LogP contribution in [0.5, 0.6) is 5.75 Å². The maximum Gasteiger partial charge on any atom is 0.227 e. The summed E-state index contributed by atoms with van der Waals surface area (Å²) in [7, 11) is 1.67. The first-order chi connectivity index (χ1) is 10.2. The van der Waals surface area contributed by atoms with Crippen molar-refractivity contribution >= 4 is 11.6 Å². The molecule has 0 saturated carbocycles. The van der Waals surface area contributed by atoms with E-state index in [0.29, 0.717) is 18.9 Å². The van der Waals surface area contributed by atoms with Gasteiger partial charge >= 0.3 is 0 Å². The molecule has 0 spiro atoms. The maximum atomic E-state index is 12.6. The third kappa shape index (κ3) is 4.90. The number of carbonyl (C=O) groups excluding carboxylic acids is 1. The lowest BCUT2D eigenvalue weighted by atomic mass is 9.91. The van der Waals surface area contributed by atoms with Crippen molar-refractivity contribution in [2.45, 2.75) is 47.0 Å². The topological polar surface area (TPSA) is 29.5 Å². The van der Waals surface area contributed by atoms with Crippen LogP contribution in [0.25, 0.3) is 0 Å². The molecule has 22 heavy (non-hydrogen) atoms. The Kier molecular flexibility index (Phi) is 6.21. The van der Waals surface area contributed by atoms with Gasteiger partial charge in [-0.25, -0.2) is 0 Å². The number of benzene rings is 1. The molecule has 0 aliphatic carbocycles. The summed E-state index contributed by atoms with van der Waals surface area (Å²) < 4.78 is 5.49. The van der Waals surface area contributed by atoms with Crippen molar-refractivity contribution in [3.63, 3.8) is 0 Å². The van der Waals surface area contributed by atoms with Crippen LogP contribution >= 0.6 is 0 Å². The molecule has 0 aliphatic rings. The monoisotopic (exact) mass is 303 g/mol. The van der Waals surface area contributed by atoms with Crippen LogP contribution in [0.2, 0.25) is 0 Å². The van der Waals surface area contributed by atoms with Crippen molar-refractivity contribution in [1.82, 2.24) is 0 Å². The highest BCUT2D eigenvalue weighted by Gasteiger charge is 2.22. The Morgan fingerprint density at radius 3 is 2.45 bits per heavy atom. The van der Waals surface area contributed by atoms with Gasteiger partial charge in [0.2, 0.25) is 5.91 Å². The predicted octanol–water partition coefficient (Wildman–Crippen LogP) is 4.77. The molecule has 3 nitrogen and oxygen atoms in total. The molecule has 0 aliphatic heterocycles. The van der Waals surface area contributed by atoms with Crippen molar-refractivity contribution in [3.05, 3.63) is 36.4 Å². The highest BCUT2D eigenvalue weighted by Crippen LogP contribution is 2.32. The maximum absolute atomic E-state index is 12.6. The summed E-state index contributed by atoms with van der Waals surface area (Å²) in [5.74, 6) is 1.30. The first-order valence-corrected chi connectivity index (χ1v) is 7.78. The lowest BCUT2D eigenvalue weighted by Crippen LogP contribution is -2.33. The number of rotatable bonds is 6. The number of hydrogen-bond acceptors (Lipinski definition) is 2. The van der Waals surface area contributed by atoms with E-state index in [-0.39, 0.29) is 11.3 Å². The summed E-state index contributed by atoms with van der Waals surface area (Å²) >= 11 is 0. The smallest absolute Gasteiger partial charge is 0.227 e. The first kappa shape index (κ1) is 18.3. The average molecular weight is 303 g/mol. The Balaban J connectivity index is 3.16. The molecule has 0 N–H and O–H groups in total. The number of methoxy groups -OCH3 is 1. The molecule has 0 fully saturated rings. The minimum Gasteiger partial charge on any atom is -0.496 e. The summed E-state index contributed by atoms with van der Waals surface area (Å²) in [5, 5.41) is 0. The van der Waals surface area contributed by atoms with Gasteiger partial charge in [-0.1, -0.05) is 46.8 Å². The van der Waals surface area contributed by atoms with E-state index in [4.69, 9.17) is 4.74 Å². The molecule has 0 aromatic heterocycles. The third-order valence-corrected chi connectivity index (χ3v) is 3.45.